The van der Waals surface area contributed by atoms with Crippen molar-refractivity contribution in [3.05, 3.63) is 48.6 Å². The third kappa shape index (κ3) is 4.78. The number of hydrogen-bond donors (Lipinski definition) is 1. The molecule has 0 heterocycles. The lowest BCUT2D eigenvalue weighted by Crippen LogP contribution is -2.07. The first-order valence-corrected chi connectivity index (χ1v) is 7.73. The number of benzene rings is 1. The summed E-state index contributed by atoms with van der Waals surface area (Å²) < 4.78 is 28.5. The van der Waals surface area contributed by atoms with Crippen molar-refractivity contribution in [1.29, 1.82) is 0 Å². The summed E-state index contributed by atoms with van der Waals surface area (Å²) in [7, 11) is -4.10. The lowest BCUT2D eigenvalue weighted by Gasteiger charge is -2.06. The van der Waals surface area contributed by atoms with E-state index in [4.69, 9.17) is 0 Å². The zero-order chi connectivity index (χ0) is 16.9. The van der Waals surface area contributed by atoms with Crippen molar-refractivity contribution in [2.45, 2.75) is 11.8 Å². The molecule has 0 aromatic heterocycles. The number of nitrogens with zero attached hydrogens (tertiary/aromatic N) is 1. The minimum Gasteiger partial charge on any atom is -0.344 e. The largest absolute Gasteiger partial charge is 0.358 e. The Morgan fingerprint density at radius 2 is 1.70 bits per heavy atom. The zero-order valence-electron chi connectivity index (χ0n) is 11.9. The zero-order valence-corrected chi connectivity index (χ0v) is 12.7. The maximum atomic E-state index is 12.0. The molecule has 2 rings (SSSR count). The molecule has 8 nitrogen and oxygen atoms in total. The first-order valence-electron chi connectivity index (χ1n) is 6.32. The number of anilines is 1. The quantitative estimate of drug-likeness (QED) is 0.638. The second kappa shape index (κ2) is 6.88. The fraction of sp³-hybridized carbons (Fsp3) is 0.0714. The van der Waals surface area contributed by atoms with E-state index in [-0.39, 0.29) is 16.4 Å². The molecule has 0 spiro atoms. The number of carbonyl (C=O) groups excluding carboxylic acids is 2. The molecule has 9 heteroatoms. The Kier molecular flexibility index (Phi) is 4.91. The van der Waals surface area contributed by atoms with E-state index in [1.165, 1.54) is 55.5 Å². The molecule has 0 bridgehead atoms. The molecule has 0 radical (unpaired) electrons. The molecule has 0 amide bonds. The fourth-order valence-electron chi connectivity index (χ4n) is 1.46. The van der Waals surface area contributed by atoms with E-state index in [0.29, 0.717) is 5.69 Å². The molecule has 1 aromatic carbocycles. The average Bonchev–Trinajstić information content (AvgIpc) is 2.53. The first kappa shape index (κ1) is 16.4. The SMILES string of the molecule is CC(=O)ONc1ccc(S(=O)(=O)ON=C2C=CC(=O)C=C2)cc1. The van der Waals surface area contributed by atoms with Gasteiger partial charge in [-0.2, -0.15) is 8.42 Å². The summed E-state index contributed by atoms with van der Waals surface area (Å²) in [6.07, 6.45) is 5.16. The molecule has 0 atom stereocenters. The highest BCUT2D eigenvalue weighted by molar-refractivity contribution is 7.86. The minimum atomic E-state index is -4.10. The number of allylic oxidation sites excluding steroid dienone is 4. The maximum Gasteiger partial charge on any atom is 0.358 e. The third-order valence-electron chi connectivity index (χ3n) is 2.53. The Hall–Kier alpha value is -2.94. The van der Waals surface area contributed by atoms with Gasteiger partial charge in [0.2, 0.25) is 0 Å². The minimum absolute atomic E-state index is 0.130. The van der Waals surface area contributed by atoms with Gasteiger partial charge in [0.1, 0.15) is 10.6 Å². The molecule has 0 saturated heterocycles. The van der Waals surface area contributed by atoms with E-state index in [0.717, 1.165) is 0 Å². The molecule has 0 aliphatic heterocycles. The molecule has 120 valence electrons. The topological polar surface area (TPSA) is 111 Å². The van der Waals surface area contributed by atoms with Crippen LogP contribution in [-0.2, 0) is 28.8 Å². The van der Waals surface area contributed by atoms with Crippen molar-refractivity contribution in [3.63, 3.8) is 0 Å². The van der Waals surface area contributed by atoms with Crippen molar-refractivity contribution in [2.75, 3.05) is 5.48 Å². The van der Waals surface area contributed by atoms with Crippen LogP contribution in [-0.4, -0.2) is 25.9 Å². The summed E-state index contributed by atoms with van der Waals surface area (Å²) in [6.45, 7) is 1.22. The molecular weight excluding hydrogens is 324 g/mol. The van der Waals surface area contributed by atoms with Gasteiger partial charge in [-0.3, -0.25) is 13.9 Å². The Labute approximate surface area is 132 Å². The lowest BCUT2D eigenvalue weighted by atomic mass is 10.2. The second-order valence-corrected chi connectivity index (χ2v) is 5.86. The van der Waals surface area contributed by atoms with Crippen molar-refractivity contribution in [3.8, 4) is 0 Å². The third-order valence-corrected chi connectivity index (χ3v) is 3.65. The first-order chi connectivity index (χ1) is 10.9. The standard InChI is InChI=1S/C14H12N2O6S/c1-10(17)21-15-11-4-8-14(9-5-11)23(19,20)22-16-12-2-6-13(18)7-3-12/h2-9,15H,1H3. The van der Waals surface area contributed by atoms with Crippen LogP contribution in [0, 0.1) is 0 Å². The molecule has 0 fully saturated rings. The molecule has 1 aliphatic rings. The van der Waals surface area contributed by atoms with E-state index >= 15 is 0 Å². The van der Waals surface area contributed by atoms with Gasteiger partial charge in [0, 0.05) is 6.92 Å². The highest BCUT2D eigenvalue weighted by atomic mass is 32.2. The van der Waals surface area contributed by atoms with Gasteiger partial charge in [-0.05, 0) is 48.6 Å². The second-order valence-electron chi connectivity index (χ2n) is 4.33. The predicted molar refractivity (Wildman–Crippen MR) is 80.8 cm³/mol. The molecule has 0 unspecified atom stereocenters. The monoisotopic (exact) mass is 336 g/mol. The predicted octanol–water partition coefficient (Wildman–Crippen LogP) is 1.33. The van der Waals surface area contributed by atoms with Crippen LogP contribution >= 0.6 is 0 Å². The van der Waals surface area contributed by atoms with Crippen molar-refractivity contribution >= 4 is 33.3 Å². The number of hydrogen-bond acceptors (Lipinski definition) is 8. The van der Waals surface area contributed by atoms with Crippen LogP contribution in [0.4, 0.5) is 5.69 Å². The fourth-order valence-corrected chi connectivity index (χ4v) is 2.20. The van der Waals surface area contributed by atoms with Gasteiger partial charge in [-0.25, -0.2) is 5.48 Å². The van der Waals surface area contributed by atoms with Gasteiger partial charge in [-0.1, -0.05) is 5.16 Å². The van der Waals surface area contributed by atoms with E-state index in [1.807, 2.05) is 0 Å². The molecule has 23 heavy (non-hydrogen) atoms. The maximum absolute atomic E-state index is 12.0. The highest BCUT2D eigenvalue weighted by Gasteiger charge is 2.16. The molecule has 1 aliphatic carbocycles. The number of rotatable bonds is 5. The Morgan fingerprint density at radius 1 is 1.09 bits per heavy atom. The van der Waals surface area contributed by atoms with Gasteiger partial charge in [-0.15, -0.1) is 0 Å². The summed E-state index contributed by atoms with van der Waals surface area (Å²) in [6, 6.07) is 5.31. The van der Waals surface area contributed by atoms with Crippen LogP contribution in [0.3, 0.4) is 0 Å². The number of oxime groups is 1. The van der Waals surface area contributed by atoms with Crippen LogP contribution < -0.4 is 5.48 Å². The normalized spacial score (nSPS) is 13.6. The number of ketones is 1. The van der Waals surface area contributed by atoms with Crippen LogP contribution in [0.2, 0.25) is 0 Å². The van der Waals surface area contributed by atoms with Crippen LogP contribution in [0.5, 0.6) is 0 Å². The smallest absolute Gasteiger partial charge is 0.344 e. The Bertz CT molecular complexity index is 788. The van der Waals surface area contributed by atoms with E-state index in [9.17, 15) is 18.0 Å². The van der Waals surface area contributed by atoms with Crippen LogP contribution in [0.25, 0.3) is 0 Å². The Morgan fingerprint density at radius 3 is 2.26 bits per heavy atom. The van der Waals surface area contributed by atoms with Gasteiger partial charge in [0.15, 0.2) is 5.78 Å². The molecule has 1 aromatic rings. The van der Waals surface area contributed by atoms with E-state index in [1.54, 1.807) is 0 Å². The van der Waals surface area contributed by atoms with Gasteiger partial charge in [0.25, 0.3) is 0 Å². The summed E-state index contributed by atoms with van der Waals surface area (Å²) >= 11 is 0. The van der Waals surface area contributed by atoms with Gasteiger partial charge >= 0.3 is 16.1 Å². The average molecular weight is 336 g/mol. The molecule has 0 saturated carbocycles. The number of nitrogens with one attached hydrogen (secondary N) is 1. The van der Waals surface area contributed by atoms with Crippen molar-refractivity contribution < 1.29 is 27.1 Å². The molecule has 1 N–H and O–H groups in total. The summed E-state index contributed by atoms with van der Waals surface area (Å²) in [5.74, 6) is -0.754. The van der Waals surface area contributed by atoms with Gasteiger partial charge < -0.3 is 4.84 Å². The van der Waals surface area contributed by atoms with Crippen LogP contribution in [0.15, 0.2) is 58.6 Å². The molecular formula is C14H12N2O6S. The number of carbonyl (C=O) groups is 2. The van der Waals surface area contributed by atoms with Gasteiger partial charge in [0.05, 0.1) is 5.69 Å². The summed E-state index contributed by atoms with van der Waals surface area (Å²) in [4.78, 5) is 26.0. The summed E-state index contributed by atoms with van der Waals surface area (Å²) in [5.41, 5.74) is 2.93. The Balaban J connectivity index is 2.06. The lowest BCUT2D eigenvalue weighted by molar-refractivity contribution is -0.138. The van der Waals surface area contributed by atoms with E-state index in [2.05, 4.69) is 19.8 Å². The van der Waals surface area contributed by atoms with Crippen molar-refractivity contribution in [1.82, 2.24) is 0 Å². The summed E-state index contributed by atoms with van der Waals surface area (Å²) in [5, 5.41) is 3.47. The van der Waals surface area contributed by atoms with Crippen LogP contribution in [0.1, 0.15) is 6.92 Å². The highest BCUT2D eigenvalue weighted by Crippen LogP contribution is 2.16. The van der Waals surface area contributed by atoms with Crippen molar-refractivity contribution in [2.24, 2.45) is 5.16 Å². The van der Waals surface area contributed by atoms with E-state index < -0.39 is 16.1 Å².